The Kier molecular flexibility index (Phi) is 5.64. The number of likely N-dealkylation sites (tertiary alicyclic amines) is 1. The fourth-order valence-electron chi connectivity index (χ4n) is 3.18. The Balaban J connectivity index is 1.81. The van der Waals surface area contributed by atoms with Crippen LogP contribution in [0.25, 0.3) is 0 Å². The minimum absolute atomic E-state index is 0.209. The summed E-state index contributed by atoms with van der Waals surface area (Å²) >= 11 is 0. The van der Waals surface area contributed by atoms with E-state index >= 15 is 0 Å². The summed E-state index contributed by atoms with van der Waals surface area (Å²) in [7, 11) is 0. The summed E-state index contributed by atoms with van der Waals surface area (Å²) < 4.78 is 5.34. The van der Waals surface area contributed by atoms with E-state index in [9.17, 15) is 4.79 Å². The van der Waals surface area contributed by atoms with Gasteiger partial charge in [-0.15, -0.1) is 0 Å². The molecular formula is C15H28N2O2. The van der Waals surface area contributed by atoms with Gasteiger partial charge in [0.05, 0.1) is 0 Å². The fraction of sp³-hybridized carbons (Fsp3) is 0.933. The van der Waals surface area contributed by atoms with Crippen LogP contribution in [0.2, 0.25) is 0 Å². The second kappa shape index (κ2) is 7.25. The highest BCUT2D eigenvalue weighted by Crippen LogP contribution is 2.23. The van der Waals surface area contributed by atoms with Gasteiger partial charge in [0.15, 0.2) is 0 Å². The van der Waals surface area contributed by atoms with Crippen molar-refractivity contribution in [1.29, 1.82) is 0 Å². The van der Waals surface area contributed by atoms with Gasteiger partial charge in [-0.1, -0.05) is 13.8 Å². The van der Waals surface area contributed by atoms with Gasteiger partial charge in [0.25, 0.3) is 0 Å². The molecule has 2 aliphatic rings. The molecule has 1 amide bonds. The number of rotatable bonds is 4. The standard InChI is InChI=1S/C15H28N2O2/c1-3-7-16-14-4-8-17(11-12(14)2)15(18)13-5-9-19-10-6-13/h12-14,16H,3-11H2,1-2H3. The molecule has 0 spiro atoms. The molecule has 2 unspecified atom stereocenters. The van der Waals surface area contributed by atoms with Crippen molar-refractivity contribution in [2.24, 2.45) is 11.8 Å². The van der Waals surface area contributed by atoms with Crippen molar-refractivity contribution in [3.05, 3.63) is 0 Å². The molecule has 0 bridgehead atoms. The molecule has 0 aliphatic carbocycles. The lowest BCUT2D eigenvalue weighted by molar-refractivity contribution is -0.140. The van der Waals surface area contributed by atoms with E-state index in [4.69, 9.17) is 4.74 Å². The molecule has 2 saturated heterocycles. The number of nitrogens with one attached hydrogen (secondary N) is 1. The first-order valence-electron chi connectivity index (χ1n) is 7.82. The summed E-state index contributed by atoms with van der Waals surface area (Å²) in [5.41, 5.74) is 0. The lowest BCUT2D eigenvalue weighted by Crippen LogP contribution is -2.51. The molecule has 2 fully saturated rings. The van der Waals surface area contributed by atoms with Crippen LogP contribution in [0.5, 0.6) is 0 Å². The van der Waals surface area contributed by atoms with Gasteiger partial charge in [0, 0.05) is 38.3 Å². The lowest BCUT2D eigenvalue weighted by Gasteiger charge is -2.39. The molecule has 0 aromatic heterocycles. The van der Waals surface area contributed by atoms with Gasteiger partial charge in [0.2, 0.25) is 5.91 Å². The van der Waals surface area contributed by atoms with Crippen LogP contribution in [0.3, 0.4) is 0 Å². The summed E-state index contributed by atoms with van der Waals surface area (Å²) in [4.78, 5) is 14.6. The predicted octanol–water partition coefficient (Wildman–Crippen LogP) is 1.65. The van der Waals surface area contributed by atoms with Crippen molar-refractivity contribution >= 4 is 5.91 Å². The van der Waals surface area contributed by atoms with Gasteiger partial charge in [-0.05, 0) is 38.1 Å². The maximum absolute atomic E-state index is 12.5. The number of ether oxygens (including phenoxy) is 1. The molecule has 2 aliphatic heterocycles. The summed E-state index contributed by atoms with van der Waals surface area (Å²) in [5.74, 6) is 1.13. The Morgan fingerprint density at radius 1 is 1.32 bits per heavy atom. The van der Waals surface area contributed by atoms with Crippen molar-refractivity contribution in [1.82, 2.24) is 10.2 Å². The second-order valence-electron chi connectivity index (χ2n) is 6.00. The topological polar surface area (TPSA) is 41.6 Å². The average Bonchev–Trinajstić information content (AvgIpc) is 2.46. The molecule has 4 nitrogen and oxygen atoms in total. The van der Waals surface area contributed by atoms with Crippen molar-refractivity contribution in [2.75, 3.05) is 32.8 Å². The Bertz CT molecular complexity index is 290. The highest BCUT2D eigenvalue weighted by molar-refractivity contribution is 5.79. The zero-order valence-corrected chi connectivity index (χ0v) is 12.4. The molecular weight excluding hydrogens is 240 g/mol. The van der Waals surface area contributed by atoms with E-state index in [1.165, 1.54) is 6.42 Å². The van der Waals surface area contributed by atoms with Crippen molar-refractivity contribution in [3.63, 3.8) is 0 Å². The largest absolute Gasteiger partial charge is 0.381 e. The molecule has 0 aromatic carbocycles. The molecule has 4 heteroatoms. The first-order valence-corrected chi connectivity index (χ1v) is 7.82. The van der Waals surface area contributed by atoms with Crippen LogP contribution in [-0.4, -0.2) is 49.7 Å². The summed E-state index contributed by atoms with van der Waals surface area (Å²) in [6, 6.07) is 0.582. The van der Waals surface area contributed by atoms with Gasteiger partial charge in [0.1, 0.15) is 0 Å². The molecule has 0 aromatic rings. The van der Waals surface area contributed by atoms with Crippen LogP contribution in [0.4, 0.5) is 0 Å². The molecule has 0 saturated carbocycles. The molecule has 110 valence electrons. The summed E-state index contributed by atoms with van der Waals surface area (Å²) in [5, 5.41) is 3.60. The van der Waals surface area contributed by atoms with E-state index in [2.05, 4.69) is 24.1 Å². The van der Waals surface area contributed by atoms with E-state index in [0.29, 0.717) is 17.9 Å². The molecule has 2 rings (SSSR count). The third kappa shape index (κ3) is 3.93. The molecule has 0 radical (unpaired) electrons. The average molecular weight is 268 g/mol. The van der Waals surface area contributed by atoms with Gasteiger partial charge in [-0.2, -0.15) is 0 Å². The molecule has 2 heterocycles. The predicted molar refractivity (Wildman–Crippen MR) is 76.0 cm³/mol. The Labute approximate surface area is 116 Å². The Morgan fingerprint density at radius 2 is 2.05 bits per heavy atom. The van der Waals surface area contributed by atoms with Crippen LogP contribution in [0.15, 0.2) is 0 Å². The van der Waals surface area contributed by atoms with Crippen molar-refractivity contribution < 1.29 is 9.53 Å². The number of piperidine rings is 1. The summed E-state index contributed by atoms with van der Waals surface area (Å²) in [6.45, 7) is 8.88. The van der Waals surface area contributed by atoms with Gasteiger partial charge in [-0.3, -0.25) is 4.79 Å². The minimum Gasteiger partial charge on any atom is -0.381 e. The van der Waals surface area contributed by atoms with E-state index in [-0.39, 0.29) is 5.92 Å². The Hall–Kier alpha value is -0.610. The van der Waals surface area contributed by atoms with Crippen LogP contribution in [0, 0.1) is 11.8 Å². The van der Waals surface area contributed by atoms with Crippen LogP contribution >= 0.6 is 0 Å². The van der Waals surface area contributed by atoms with E-state index in [0.717, 1.165) is 52.1 Å². The molecule has 1 N–H and O–H groups in total. The number of hydrogen-bond donors (Lipinski definition) is 1. The van der Waals surface area contributed by atoms with Gasteiger partial charge in [-0.25, -0.2) is 0 Å². The monoisotopic (exact) mass is 268 g/mol. The van der Waals surface area contributed by atoms with E-state index in [1.54, 1.807) is 0 Å². The number of amides is 1. The zero-order chi connectivity index (χ0) is 13.7. The van der Waals surface area contributed by atoms with E-state index in [1.807, 2.05) is 0 Å². The Morgan fingerprint density at radius 3 is 2.68 bits per heavy atom. The van der Waals surface area contributed by atoms with Gasteiger partial charge >= 0.3 is 0 Å². The maximum atomic E-state index is 12.5. The SMILES string of the molecule is CCCNC1CCN(C(=O)C2CCOCC2)CC1C. The highest BCUT2D eigenvalue weighted by atomic mass is 16.5. The maximum Gasteiger partial charge on any atom is 0.225 e. The summed E-state index contributed by atoms with van der Waals surface area (Å²) in [6.07, 6.45) is 4.08. The zero-order valence-electron chi connectivity index (χ0n) is 12.4. The first-order chi connectivity index (χ1) is 9.22. The normalized spacial score (nSPS) is 29.5. The fourth-order valence-corrected chi connectivity index (χ4v) is 3.18. The lowest BCUT2D eigenvalue weighted by atomic mass is 9.91. The number of hydrogen-bond acceptors (Lipinski definition) is 3. The quantitative estimate of drug-likeness (QED) is 0.843. The van der Waals surface area contributed by atoms with Crippen molar-refractivity contribution in [3.8, 4) is 0 Å². The van der Waals surface area contributed by atoms with Crippen LogP contribution in [0.1, 0.15) is 39.5 Å². The third-order valence-electron chi connectivity index (χ3n) is 4.44. The van der Waals surface area contributed by atoms with Crippen LogP contribution < -0.4 is 5.32 Å². The smallest absolute Gasteiger partial charge is 0.225 e. The second-order valence-corrected chi connectivity index (χ2v) is 6.00. The molecule has 19 heavy (non-hydrogen) atoms. The number of carbonyl (C=O) groups excluding carboxylic acids is 1. The van der Waals surface area contributed by atoms with Crippen molar-refractivity contribution in [2.45, 2.75) is 45.6 Å². The minimum atomic E-state index is 0.209. The number of nitrogens with zero attached hydrogens (tertiary/aromatic N) is 1. The van der Waals surface area contributed by atoms with Crippen LogP contribution in [-0.2, 0) is 9.53 Å². The van der Waals surface area contributed by atoms with Gasteiger partial charge < -0.3 is 15.0 Å². The highest BCUT2D eigenvalue weighted by Gasteiger charge is 2.32. The third-order valence-corrected chi connectivity index (χ3v) is 4.44. The first kappa shape index (κ1) is 14.8. The molecule has 2 atom stereocenters. The number of carbonyl (C=O) groups is 1. The van der Waals surface area contributed by atoms with E-state index < -0.39 is 0 Å².